The Hall–Kier alpha value is -3.29. The van der Waals surface area contributed by atoms with E-state index in [0.29, 0.717) is 12.1 Å². The number of fused-ring (bicyclic) bond motifs is 1. The lowest BCUT2D eigenvalue weighted by atomic mass is 10.00. The topological polar surface area (TPSA) is 80.1 Å². The van der Waals surface area contributed by atoms with Gasteiger partial charge >= 0.3 is 0 Å². The standard InChI is InChI=1S/C23H28FN5O2/c1-14(2)29-23-20(12-25-29)15(3)19(16(4)26-23)10-11-22(31)28(5)13-21(30)27-18-8-6-17(24)7-9-18/h6-9,12,14H,10-11,13H2,1-5H3,(H,27,30). The number of likely N-dealkylation sites (N-methyl/N-ethyl adjacent to an activating group) is 1. The Morgan fingerprint density at radius 2 is 1.87 bits per heavy atom. The van der Waals surface area contributed by atoms with Crippen LogP contribution in [0.25, 0.3) is 11.0 Å². The molecule has 0 aliphatic carbocycles. The number of aryl methyl sites for hydroxylation is 2. The van der Waals surface area contributed by atoms with Crippen LogP contribution in [0.1, 0.15) is 43.1 Å². The van der Waals surface area contributed by atoms with Gasteiger partial charge in [0.25, 0.3) is 0 Å². The number of hydrogen-bond donors (Lipinski definition) is 1. The summed E-state index contributed by atoms with van der Waals surface area (Å²) in [5.41, 5.74) is 4.35. The minimum absolute atomic E-state index is 0.0768. The van der Waals surface area contributed by atoms with Crippen LogP contribution >= 0.6 is 0 Å². The number of carbonyl (C=O) groups is 2. The molecule has 7 nitrogen and oxygen atoms in total. The first-order chi connectivity index (χ1) is 14.7. The zero-order chi connectivity index (χ0) is 22.7. The third-order valence-electron chi connectivity index (χ3n) is 5.35. The van der Waals surface area contributed by atoms with Crippen molar-refractivity contribution in [3.05, 3.63) is 53.1 Å². The summed E-state index contributed by atoms with van der Waals surface area (Å²) in [5.74, 6) is -0.842. The van der Waals surface area contributed by atoms with Crippen LogP contribution < -0.4 is 5.32 Å². The van der Waals surface area contributed by atoms with Crippen LogP contribution in [0.3, 0.4) is 0 Å². The van der Waals surface area contributed by atoms with Crippen LogP contribution in [0.4, 0.5) is 10.1 Å². The van der Waals surface area contributed by atoms with Crippen molar-refractivity contribution in [3.63, 3.8) is 0 Å². The third kappa shape index (κ3) is 5.07. The molecule has 1 N–H and O–H groups in total. The molecular formula is C23H28FN5O2. The van der Waals surface area contributed by atoms with Gasteiger partial charge in [-0.3, -0.25) is 9.59 Å². The molecule has 0 aliphatic heterocycles. The van der Waals surface area contributed by atoms with Crippen LogP contribution in [0.2, 0.25) is 0 Å². The monoisotopic (exact) mass is 425 g/mol. The van der Waals surface area contributed by atoms with E-state index in [1.54, 1.807) is 7.05 Å². The van der Waals surface area contributed by atoms with Gasteiger partial charge in [0.05, 0.1) is 12.7 Å². The lowest BCUT2D eigenvalue weighted by Crippen LogP contribution is -2.35. The van der Waals surface area contributed by atoms with E-state index in [-0.39, 0.29) is 36.6 Å². The maximum Gasteiger partial charge on any atom is 0.243 e. The molecule has 2 amide bonds. The summed E-state index contributed by atoms with van der Waals surface area (Å²) < 4.78 is 14.9. The number of nitrogens with one attached hydrogen (secondary N) is 1. The van der Waals surface area contributed by atoms with Gasteiger partial charge in [0.15, 0.2) is 5.65 Å². The van der Waals surface area contributed by atoms with Crippen molar-refractivity contribution in [3.8, 4) is 0 Å². The van der Waals surface area contributed by atoms with Crippen molar-refractivity contribution in [1.82, 2.24) is 19.7 Å². The molecule has 3 aromatic rings. The van der Waals surface area contributed by atoms with E-state index in [4.69, 9.17) is 4.98 Å². The number of anilines is 1. The number of pyridine rings is 1. The number of hydrogen-bond acceptors (Lipinski definition) is 4. The molecule has 0 bridgehead atoms. The largest absolute Gasteiger partial charge is 0.336 e. The number of carbonyl (C=O) groups excluding carboxylic acids is 2. The van der Waals surface area contributed by atoms with E-state index in [0.717, 1.165) is 27.9 Å². The lowest BCUT2D eigenvalue weighted by molar-refractivity contribution is -0.133. The fraction of sp³-hybridized carbons (Fsp3) is 0.391. The minimum atomic E-state index is -0.375. The highest BCUT2D eigenvalue weighted by Crippen LogP contribution is 2.25. The first-order valence-corrected chi connectivity index (χ1v) is 10.3. The van der Waals surface area contributed by atoms with Gasteiger partial charge in [0.1, 0.15) is 5.82 Å². The Morgan fingerprint density at radius 3 is 2.52 bits per heavy atom. The minimum Gasteiger partial charge on any atom is -0.336 e. The van der Waals surface area contributed by atoms with E-state index in [1.807, 2.05) is 24.7 Å². The average Bonchev–Trinajstić information content (AvgIpc) is 3.13. The molecule has 0 spiro atoms. The van der Waals surface area contributed by atoms with Crippen LogP contribution in [-0.2, 0) is 16.0 Å². The zero-order valence-corrected chi connectivity index (χ0v) is 18.6. The van der Waals surface area contributed by atoms with Crippen molar-refractivity contribution >= 4 is 28.5 Å². The van der Waals surface area contributed by atoms with Crippen molar-refractivity contribution in [1.29, 1.82) is 0 Å². The van der Waals surface area contributed by atoms with Gasteiger partial charge in [-0.2, -0.15) is 5.10 Å². The van der Waals surface area contributed by atoms with Gasteiger partial charge < -0.3 is 10.2 Å². The quantitative estimate of drug-likeness (QED) is 0.624. The van der Waals surface area contributed by atoms with Crippen molar-refractivity contribution in [2.45, 2.75) is 46.6 Å². The molecule has 3 rings (SSSR count). The molecule has 1 aromatic carbocycles. The summed E-state index contributed by atoms with van der Waals surface area (Å²) in [6.07, 6.45) is 2.64. The van der Waals surface area contributed by atoms with Crippen LogP contribution in [0, 0.1) is 19.7 Å². The van der Waals surface area contributed by atoms with E-state index in [9.17, 15) is 14.0 Å². The molecule has 0 saturated heterocycles. The first kappa shape index (κ1) is 22.4. The summed E-state index contributed by atoms with van der Waals surface area (Å²) in [6.45, 7) is 8.03. The third-order valence-corrected chi connectivity index (χ3v) is 5.35. The molecule has 2 aromatic heterocycles. The molecule has 0 atom stereocenters. The van der Waals surface area contributed by atoms with Crippen LogP contribution in [0.5, 0.6) is 0 Å². The molecular weight excluding hydrogens is 397 g/mol. The van der Waals surface area contributed by atoms with Gasteiger partial charge in [0, 0.05) is 36.3 Å². The van der Waals surface area contributed by atoms with Gasteiger partial charge in [-0.1, -0.05) is 0 Å². The van der Waals surface area contributed by atoms with E-state index in [1.165, 1.54) is 29.2 Å². The van der Waals surface area contributed by atoms with E-state index in [2.05, 4.69) is 24.3 Å². The first-order valence-electron chi connectivity index (χ1n) is 10.3. The van der Waals surface area contributed by atoms with Gasteiger partial charge in [-0.25, -0.2) is 14.1 Å². The maximum absolute atomic E-state index is 13.0. The number of nitrogens with zero attached hydrogens (tertiary/aromatic N) is 4. The molecule has 8 heteroatoms. The predicted octanol–water partition coefficient (Wildman–Crippen LogP) is 3.80. The Bertz CT molecular complexity index is 1110. The predicted molar refractivity (Wildman–Crippen MR) is 118 cm³/mol. The number of amides is 2. The second kappa shape index (κ2) is 9.24. The molecule has 0 aliphatic rings. The lowest BCUT2D eigenvalue weighted by Gasteiger charge is -2.18. The normalized spacial score (nSPS) is 11.2. The highest BCUT2D eigenvalue weighted by atomic mass is 19.1. The Morgan fingerprint density at radius 1 is 1.19 bits per heavy atom. The van der Waals surface area contributed by atoms with E-state index >= 15 is 0 Å². The van der Waals surface area contributed by atoms with Gasteiger partial charge in [-0.15, -0.1) is 0 Å². The molecule has 164 valence electrons. The fourth-order valence-electron chi connectivity index (χ4n) is 3.60. The van der Waals surface area contributed by atoms with Crippen LogP contribution in [-0.4, -0.2) is 45.1 Å². The number of aromatic nitrogens is 3. The molecule has 2 heterocycles. The number of rotatable bonds is 7. The fourth-order valence-corrected chi connectivity index (χ4v) is 3.60. The molecule has 0 unspecified atom stereocenters. The summed E-state index contributed by atoms with van der Waals surface area (Å²) >= 11 is 0. The van der Waals surface area contributed by atoms with Crippen molar-refractivity contribution in [2.24, 2.45) is 0 Å². The van der Waals surface area contributed by atoms with Crippen LogP contribution in [0.15, 0.2) is 30.5 Å². The SMILES string of the molecule is Cc1nc2c(cnn2C(C)C)c(C)c1CCC(=O)N(C)CC(=O)Nc1ccc(F)cc1. The number of benzene rings is 1. The molecule has 0 saturated carbocycles. The van der Waals surface area contributed by atoms with Gasteiger partial charge in [0.2, 0.25) is 11.8 Å². The summed E-state index contributed by atoms with van der Waals surface area (Å²) in [4.78, 5) is 30.9. The summed E-state index contributed by atoms with van der Waals surface area (Å²) in [6, 6.07) is 5.71. The Balaban J connectivity index is 1.62. The van der Waals surface area contributed by atoms with Gasteiger partial charge in [-0.05, 0) is 69.5 Å². The maximum atomic E-state index is 13.0. The smallest absolute Gasteiger partial charge is 0.243 e. The average molecular weight is 426 g/mol. The second-order valence-corrected chi connectivity index (χ2v) is 8.03. The van der Waals surface area contributed by atoms with Crippen molar-refractivity contribution < 1.29 is 14.0 Å². The highest BCUT2D eigenvalue weighted by Gasteiger charge is 2.18. The van der Waals surface area contributed by atoms with Crippen molar-refractivity contribution in [2.75, 3.05) is 18.9 Å². The summed E-state index contributed by atoms with van der Waals surface area (Å²) in [7, 11) is 1.60. The number of halogens is 1. The van der Waals surface area contributed by atoms with E-state index < -0.39 is 0 Å². The summed E-state index contributed by atoms with van der Waals surface area (Å²) in [5, 5.41) is 8.10. The second-order valence-electron chi connectivity index (χ2n) is 8.03. The molecule has 31 heavy (non-hydrogen) atoms. The Labute approximate surface area is 181 Å². The highest BCUT2D eigenvalue weighted by molar-refractivity contribution is 5.94. The molecule has 0 radical (unpaired) electrons. The Kier molecular flexibility index (Phi) is 6.68. The molecule has 0 fully saturated rings. The zero-order valence-electron chi connectivity index (χ0n) is 18.6.